The van der Waals surface area contributed by atoms with Gasteiger partial charge in [0.05, 0.1) is 12.2 Å². The van der Waals surface area contributed by atoms with E-state index in [1.807, 2.05) is 0 Å². The highest BCUT2D eigenvalue weighted by Gasteiger charge is 2.35. The van der Waals surface area contributed by atoms with Crippen molar-refractivity contribution in [1.82, 2.24) is 5.32 Å². The van der Waals surface area contributed by atoms with Gasteiger partial charge in [-0.05, 0) is 48.9 Å². The Morgan fingerprint density at radius 3 is 2.89 bits per heavy atom. The predicted octanol–water partition coefficient (Wildman–Crippen LogP) is 3.25. The minimum absolute atomic E-state index is 0.378. The van der Waals surface area contributed by atoms with E-state index >= 15 is 0 Å². The van der Waals surface area contributed by atoms with Gasteiger partial charge in [0, 0.05) is 12.5 Å². The Hall–Kier alpha value is -0.860. The maximum absolute atomic E-state index is 6.16. The fourth-order valence-electron chi connectivity index (χ4n) is 3.87. The Labute approximate surface area is 116 Å². The van der Waals surface area contributed by atoms with Crippen LogP contribution >= 0.6 is 0 Å². The number of benzene rings is 1. The van der Waals surface area contributed by atoms with Gasteiger partial charge in [0.2, 0.25) is 0 Å². The summed E-state index contributed by atoms with van der Waals surface area (Å²) in [5.74, 6) is 1.16. The molecule has 2 nitrogen and oxygen atoms in total. The molecule has 1 aromatic rings. The van der Waals surface area contributed by atoms with Gasteiger partial charge >= 0.3 is 0 Å². The Balaban J connectivity index is 1.89. The molecule has 2 aliphatic heterocycles. The van der Waals surface area contributed by atoms with E-state index in [9.17, 15) is 0 Å². The molecule has 2 heteroatoms. The molecular weight excluding hydrogens is 234 g/mol. The standard InChI is InChI=1S/C17H25NO/c1-11-9-12(2)19-17(11)13(3)15-6-4-5-14-7-8-18-10-16(14)15/h4-6,11-13,17-18H,7-10H2,1-3H3/t11-,12+,13?,17+/m1/s1. The van der Waals surface area contributed by atoms with E-state index in [4.69, 9.17) is 4.74 Å². The van der Waals surface area contributed by atoms with E-state index in [-0.39, 0.29) is 0 Å². The van der Waals surface area contributed by atoms with Gasteiger partial charge in [-0.1, -0.05) is 32.0 Å². The molecule has 1 saturated heterocycles. The molecule has 0 saturated carbocycles. The third kappa shape index (κ3) is 2.44. The topological polar surface area (TPSA) is 21.3 Å². The highest BCUT2D eigenvalue weighted by Crippen LogP contribution is 2.37. The van der Waals surface area contributed by atoms with Gasteiger partial charge in [-0.3, -0.25) is 0 Å². The maximum Gasteiger partial charge on any atom is 0.0671 e. The third-order valence-corrected chi connectivity index (χ3v) is 4.82. The lowest BCUT2D eigenvalue weighted by Gasteiger charge is -2.28. The normalized spacial score (nSPS) is 32.1. The molecule has 0 amide bonds. The summed E-state index contributed by atoms with van der Waals surface area (Å²) in [6.45, 7) is 9.00. The number of hydrogen-bond donors (Lipinski definition) is 1. The zero-order valence-electron chi connectivity index (χ0n) is 12.3. The fourth-order valence-corrected chi connectivity index (χ4v) is 3.87. The largest absolute Gasteiger partial charge is 0.374 e. The van der Waals surface area contributed by atoms with Crippen LogP contribution in [-0.4, -0.2) is 18.8 Å². The number of rotatable bonds is 2. The van der Waals surface area contributed by atoms with Crippen molar-refractivity contribution in [2.45, 2.75) is 58.3 Å². The first-order chi connectivity index (χ1) is 9.16. The second-order valence-electron chi connectivity index (χ2n) is 6.32. The molecule has 0 spiro atoms. The average molecular weight is 259 g/mol. The Morgan fingerprint density at radius 1 is 1.32 bits per heavy atom. The number of nitrogens with one attached hydrogen (secondary N) is 1. The van der Waals surface area contributed by atoms with Crippen molar-refractivity contribution in [3.05, 3.63) is 34.9 Å². The van der Waals surface area contributed by atoms with Gasteiger partial charge in [-0.15, -0.1) is 0 Å². The van der Waals surface area contributed by atoms with E-state index in [0.717, 1.165) is 19.5 Å². The van der Waals surface area contributed by atoms with Crippen LogP contribution in [0.25, 0.3) is 0 Å². The molecule has 104 valence electrons. The minimum atomic E-state index is 0.378. The van der Waals surface area contributed by atoms with Gasteiger partial charge in [-0.25, -0.2) is 0 Å². The van der Waals surface area contributed by atoms with Crippen LogP contribution in [0.2, 0.25) is 0 Å². The van der Waals surface area contributed by atoms with E-state index < -0.39 is 0 Å². The maximum atomic E-state index is 6.16. The van der Waals surface area contributed by atoms with Crippen LogP contribution in [0.15, 0.2) is 18.2 Å². The van der Waals surface area contributed by atoms with Gasteiger partial charge in [0.1, 0.15) is 0 Å². The summed E-state index contributed by atoms with van der Waals surface area (Å²) in [4.78, 5) is 0. The lowest BCUT2D eigenvalue weighted by Crippen LogP contribution is -2.28. The molecule has 2 aliphatic rings. The van der Waals surface area contributed by atoms with Gasteiger partial charge in [-0.2, -0.15) is 0 Å². The lowest BCUT2D eigenvalue weighted by atomic mass is 9.83. The van der Waals surface area contributed by atoms with Crippen molar-refractivity contribution < 1.29 is 4.74 Å². The number of fused-ring (bicyclic) bond motifs is 1. The van der Waals surface area contributed by atoms with Crippen molar-refractivity contribution in [3.63, 3.8) is 0 Å². The Kier molecular flexibility index (Phi) is 3.64. The van der Waals surface area contributed by atoms with E-state index in [2.05, 4.69) is 44.3 Å². The van der Waals surface area contributed by atoms with Gasteiger partial charge in [0.25, 0.3) is 0 Å². The Morgan fingerprint density at radius 2 is 2.16 bits per heavy atom. The second kappa shape index (κ2) is 5.26. The predicted molar refractivity (Wildman–Crippen MR) is 78.4 cm³/mol. The molecule has 2 heterocycles. The summed E-state index contributed by atoms with van der Waals surface area (Å²) >= 11 is 0. The highest BCUT2D eigenvalue weighted by molar-refractivity contribution is 5.39. The molecule has 1 aromatic carbocycles. The van der Waals surface area contributed by atoms with Crippen molar-refractivity contribution in [2.75, 3.05) is 6.54 Å². The van der Waals surface area contributed by atoms with Gasteiger partial charge in [0.15, 0.2) is 0 Å². The molecule has 1 N–H and O–H groups in total. The second-order valence-corrected chi connectivity index (χ2v) is 6.32. The molecule has 3 rings (SSSR count). The van der Waals surface area contributed by atoms with Crippen molar-refractivity contribution in [2.24, 2.45) is 5.92 Å². The van der Waals surface area contributed by atoms with Crippen LogP contribution in [0.5, 0.6) is 0 Å². The monoisotopic (exact) mass is 259 g/mol. The summed E-state index contributed by atoms with van der Waals surface area (Å²) in [5, 5.41) is 3.51. The molecule has 1 fully saturated rings. The Bertz CT molecular complexity index is 457. The van der Waals surface area contributed by atoms with Crippen molar-refractivity contribution >= 4 is 0 Å². The molecule has 4 atom stereocenters. The zero-order valence-corrected chi connectivity index (χ0v) is 12.3. The van der Waals surface area contributed by atoms with Crippen LogP contribution in [-0.2, 0) is 17.7 Å². The summed E-state index contributed by atoms with van der Waals surface area (Å²) < 4.78 is 6.16. The molecule has 0 aromatic heterocycles. The molecule has 1 unspecified atom stereocenters. The van der Waals surface area contributed by atoms with E-state index in [1.54, 1.807) is 0 Å². The first kappa shape index (κ1) is 13.1. The van der Waals surface area contributed by atoms with Crippen molar-refractivity contribution in [1.29, 1.82) is 0 Å². The molecular formula is C17H25NO. The van der Waals surface area contributed by atoms with Crippen LogP contribution in [0, 0.1) is 5.92 Å². The molecule has 0 radical (unpaired) electrons. The van der Waals surface area contributed by atoms with Crippen LogP contribution in [0.4, 0.5) is 0 Å². The first-order valence-electron chi connectivity index (χ1n) is 7.63. The summed E-state index contributed by atoms with van der Waals surface area (Å²) in [7, 11) is 0. The fraction of sp³-hybridized carbons (Fsp3) is 0.647. The highest BCUT2D eigenvalue weighted by atomic mass is 16.5. The minimum Gasteiger partial charge on any atom is -0.374 e. The van der Waals surface area contributed by atoms with Gasteiger partial charge < -0.3 is 10.1 Å². The molecule has 0 bridgehead atoms. The smallest absolute Gasteiger partial charge is 0.0671 e. The summed E-state index contributed by atoms with van der Waals surface area (Å²) in [6.07, 6.45) is 3.15. The molecule has 19 heavy (non-hydrogen) atoms. The molecule has 0 aliphatic carbocycles. The lowest BCUT2D eigenvalue weighted by molar-refractivity contribution is 0.0314. The van der Waals surface area contributed by atoms with E-state index in [0.29, 0.717) is 24.0 Å². The zero-order chi connectivity index (χ0) is 13.4. The van der Waals surface area contributed by atoms with E-state index in [1.165, 1.54) is 23.1 Å². The third-order valence-electron chi connectivity index (χ3n) is 4.82. The van der Waals surface area contributed by atoms with Crippen LogP contribution in [0.3, 0.4) is 0 Å². The first-order valence-corrected chi connectivity index (χ1v) is 7.63. The van der Waals surface area contributed by atoms with Crippen molar-refractivity contribution in [3.8, 4) is 0 Å². The number of hydrogen-bond acceptors (Lipinski definition) is 2. The number of ether oxygens (including phenoxy) is 1. The summed E-state index contributed by atoms with van der Waals surface area (Å²) in [5.41, 5.74) is 4.55. The average Bonchev–Trinajstić information content (AvgIpc) is 2.76. The SMILES string of the molecule is CC(c1cccc2c1CNCC2)[C@H]1O[C@@H](C)C[C@H]1C. The van der Waals surface area contributed by atoms with Crippen LogP contribution in [0.1, 0.15) is 49.8 Å². The quantitative estimate of drug-likeness (QED) is 0.880. The van der Waals surface area contributed by atoms with Crippen LogP contribution < -0.4 is 5.32 Å². The summed E-state index contributed by atoms with van der Waals surface area (Å²) in [6, 6.07) is 6.81.